The van der Waals surface area contributed by atoms with Crippen LogP contribution in [-0.4, -0.2) is 62.9 Å². The first-order valence-electron chi connectivity index (χ1n) is 11.0. The molecular formula is C24H25NO9. The fourth-order valence-electron chi connectivity index (χ4n) is 5.23. The second-order valence-electron chi connectivity index (χ2n) is 8.94. The van der Waals surface area contributed by atoms with Crippen LogP contribution in [0.5, 0.6) is 11.5 Å². The van der Waals surface area contributed by atoms with Gasteiger partial charge in [0, 0.05) is 29.5 Å². The Morgan fingerprint density at radius 1 is 1.24 bits per heavy atom. The molecule has 3 aliphatic rings. The summed E-state index contributed by atoms with van der Waals surface area (Å²) in [6.07, 6.45) is -5.48. The molecule has 0 spiro atoms. The Morgan fingerprint density at radius 2 is 1.94 bits per heavy atom. The van der Waals surface area contributed by atoms with E-state index in [1.807, 2.05) is 0 Å². The SMILES string of the molecule is CC[C@@H](O)c1nc(C)cc2c1C(=O)c1cc(=O)c3c(c(O)c1-2)O[C@@H]1O[C@H](C)[C@@H](OC)[C@@H](O)[C@]31O. The molecule has 1 aliphatic carbocycles. The van der Waals surface area contributed by atoms with Crippen LogP contribution >= 0.6 is 0 Å². The maximum absolute atomic E-state index is 13.4. The third-order valence-corrected chi connectivity index (χ3v) is 6.91. The molecule has 6 atom stereocenters. The van der Waals surface area contributed by atoms with Crippen LogP contribution in [0.3, 0.4) is 0 Å². The molecule has 1 saturated heterocycles. The molecule has 1 fully saturated rings. The van der Waals surface area contributed by atoms with Crippen molar-refractivity contribution in [2.75, 3.05) is 7.11 Å². The van der Waals surface area contributed by atoms with Crippen LogP contribution in [-0.2, 0) is 15.1 Å². The van der Waals surface area contributed by atoms with Crippen molar-refractivity contribution in [2.24, 2.45) is 0 Å². The molecule has 0 saturated carbocycles. The smallest absolute Gasteiger partial charge is 0.236 e. The van der Waals surface area contributed by atoms with Gasteiger partial charge in [-0.2, -0.15) is 0 Å². The van der Waals surface area contributed by atoms with Crippen LogP contribution in [0.25, 0.3) is 11.1 Å². The molecule has 34 heavy (non-hydrogen) atoms. The maximum Gasteiger partial charge on any atom is 0.236 e. The Kier molecular flexibility index (Phi) is 5.08. The van der Waals surface area contributed by atoms with Crippen molar-refractivity contribution >= 4 is 5.78 Å². The number of methoxy groups -OCH3 is 1. The van der Waals surface area contributed by atoms with E-state index in [1.54, 1.807) is 26.8 Å². The van der Waals surface area contributed by atoms with Gasteiger partial charge in [-0.25, -0.2) is 0 Å². The van der Waals surface area contributed by atoms with Crippen molar-refractivity contribution in [1.29, 1.82) is 0 Å². The Balaban J connectivity index is 1.81. The number of fused-ring (bicyclic) bond motifs is 6. The minimum absolute atomic E-state index is 0.0291. The normalized spacial score (nSPS) is 29.7. The molecule has 10 nitrogen and oxygen atoms in total. The molecule has 10 heteroatoms. The summed E-state index contributed by atoms with van der Waals surface area (Å²) in [6, 6.07) is 2.58. The van der Waals surface area contributed by atoms with Gasteiger partial charge in [-0.15, -0.1) is 0 Å². The van der Waals surface area contributed by atoms with Gasteiger partial charge >= 0.3 is 0 Å². The highest BCUT2D eigenvalue weighted by molar-refractivity contribution is 6.23. The minimum atomic E-state index is -2.34. The summed E-state index contributed by atoms with van der Waals surface area (Å²) < 4.78 is 16.7. The average Bonchev–Trinajstić information content (AvgIpc) is 3.20. The molecule has 0 amide bonds. The Bertz CT molecular complexity index is 1290. The number of carbonyl (C=O) groups excluding carboxylic acids is 1. The minimum Gasteiger partial charge on any atom is -0.504 e. The first-order valence-corrected chi connectivity index (χ1v) is 11.0. The van der Waals surface area contributed by atoms with Gasteiger partial charge in [0.15, 0.2) is 28.3 Å². The molecule has 1 aromatic heterocycles. The maximum atomic E-state index is 13.4. The van der Waals surface area contributed by atoms with Gasteiger partial charge in [-0.05, 0) is 32.4 Å². The van der Waals surface area contributed by atoms with Gasteiger partial charge in [-0.1, -0.05) is 6.92 Å². The number of aromatic nitrogens is 1. The summed E-state index contributed by atoms with van der Waals surface area (Å²) in [7, 11) is 1.33. The van der Waals surface area contributed by atoms with E-state index < -0.39 is 58.8 Å². The lowest BCUT2D eigenvalue weighted by Gasteiger charge is -2.44. The van der Waals surface area contributed by atoms with Crippen LogP contribution in [0.4, 0.5) is 0 Å². The number of ether oxygens (including phenoxy) is 3. The van der Waals surface area contributed by atoms with E-state index >= 15 is 0 Å². The zero-order chi connectivity index (χ0) is 24.7. The number of aryl methyl sites for hydroxylation is 1. The predicted octanol–water partition coefficient (Wildman–Crippen LogP) is 0.811. The summed E-state index contributed by atoms with van der Waals surface area (Å²) in [5.41, 5.74) is -2.62. The van der Waals surface area contributed by atoms with Gasteiger partial charge in [0.2, 0.25) is 6.29 Å². The van der Waals surface area contributed by atoms with Gasteiger partial charge in [0.1, 0.15) is 12.2 Å². The van der Waals surface area contributed by atoms with E-state index in [4.69, 9.17) is 14.2 Å². The molecule has 0 unspecified atom stereocenters. The molecule has 2 aromatic rings. The lowest BCUT2D eigenvalue weighted by molar-refractivity contribution is -0.310. The van der Waals surface area contributed by atoms with Crippen molar-refractivity contribution in [3.63, 3.8) is 0 Å². The van der Waals surface area contributed by atoms with Gasteiger partial charge in [-0.3, -0.25) is 14.6 Å². The summed E-state index contributed by atoms with van der Waals surface area (Å²) in [5.74, 6) is -1.52. The predicted molar refractivity (Wildman–Crippen MR) is 117 cm³/mol. The summed E-state index contributed by atoms with van der Waals surface area (Å²) in [6.45, 7) is 5.04. The third-order valence-electron chi connectivity index (χ3n) is 6.91. The van der Waals surface area contributed by atoms with Gasteiger partial charge in [0.25, 0.3) is 0 Å². The van der Waals surface area contributed by atoms with E-state index in [1.165, 1.54) is 7.11 Å². The van der Waals surface area contributed by atoms with Crippen LogP contribution in [0.2, 0.25) is 0 Å². The Hall–Kier alpha value is -2.89. The number of hydrogen-bond acceptors (Lipinski definition) is 10. The van der Waals surface area contributed by atoms with Crippen molar-refractivity contribution in [1.82, 2.24) is 4.98 Å². The number of rotatable bonds is 3. The highest BCUT2D eigenvalue weighted by atomic mass is 16.7. The molecule has 0 bridgehead atoms. The number of aliphatic hydroxyl groups excluding tert-OH is 2. The zero-order valence-corrected chi connectivity index (χ0v) is 19.0. The summed E-state index contributed by atoms with van der Waals surface area (Å²) in [4.78, 5) is 31.1. The summed E-state index contributed by atoms with van der Waals surface area (Å²) >= 11 is 0. The van der Waals surface area contributed by atoms with E-state index in [9.17, 15) is 30.0 Å². The second-order valence-corrected chi connectivity index (χ2v) is 8.94. The lowest BCUT2D eigenvalue weighted by atomic mass is 9.82. The lowest BCUT2D eigenvalue weighted by Crippen LogP contribution is -2.63. The highest BCUT2D eigenvalue weighted by Gasteiger charge is 2.63. The van der Waals surface area contributed by atoms with Crippen molar-refractivity contribution < 1.29 is 39.4 Å². The number of ketones is 1. The standard InChI is InChI=1S/C24H25NO9/c1-5-12(26)17-15-10(6-8(2)25-17)14-11(18(15)28)7-13(27)16-21(19(14)29)34-23-24(16,31)22(30)20(32-4)9(3)33-23/h6-7,9,12,20,22-23,26,29-31H,5H2,1-4H3/t9-,12-,20-,22-,23+,24-/m1/s1. The molecule has 2 aliphatic heterocycles. The van der Waals surface area contributed by atoms with Crippen LogP contribution in [0.15, 0.2) is 16.9 Å². The summed E-state index contributed by atoms with van der Waals surface area (Å²) in [5, 5.41) is 44.2. The van der Waals surface area contributed by atoms with Crippen molar-refractivity contribution in [2.45, 2.75) is 63.5 Å². The average molecular weight is 471 g/mol. The van der Waals surface area contributed by atoms with E-state index in [0.29, 0.717) is 17.7 Å². The molecular weight excluding hydrogens is 446 g/mol. The molecule has 5 rings (SSSR count). The van der Waals surface area contributed by atoms with E-state index in [2.05, 4.69) is 4.98 Å². The first kappa shape index (κ1) is 22.9. The topological polar surface area (TPSA) is 156 Å². The van der Waals surface area contributed by atoms with Crippen molar-refractivity contribution in [3.8, 4) is 22.6 Å². The van der Waals surface area contributed by atoms with Crippen LogP contribution in [0.1, 0.15) is 59.2 Å². The number of nitrogens with zero attached hydrogens (tertiary/aromatic N) is 1. The monoisotopic (exact) mass is 471 g/mol. The Morgan fingerprint density at radius 3 is 2.59 bits per heavy atom. The molecule has 4 N–H and O–H groups in total. The number of hydrogen-bond donors (Lipinski definition) is 4. The van der Waals surface area contributed by atoms with Gasteiger partial charge in [0.05, 0.1) is 29.0 Å². The molecule has 3 heterocycles. The highest BCUT2D eigenvalue weighted by Crippen LogP contribution is 2.54. The Labute approximate surface area is 194 Å². The number of aliphatic hydroxyl groups is 3. The van der Waals surface area contributed by atoms with Gasteiger partial charge < -0.3 is 34.6 Å². The molecule has 0 radical (unpaired) electrons. The zero-order valence-electron chi connectivity index (χ0n) is 19.0. The van der Waals surface area contributed by atoms with E-state index in [-0.39, 0.29) is 28.1 Å². The van der Waals surface area contributed by atoms with Crippen LogP contribution in [0, 0.1) is 6.92 Å². The quantitative estimate of drug-likeness (QED) is 0.431. The fourth-order valence-corrected chi connectivity index (χ4v) is 5.23. The molecule has 180 valence electrons. The second kappa shape index (κ2) is 7.56. The number of carbonyl (C=O) groups is 1. The number of aromatic hydroxyl groups is 1. The first-order chi connectivity index (χ1) is 16.1. The largest absolute Gasteiger partial charge is 0.504 e. The molecule has 1 aromatic carbocycles. The van der Waals surface area contributed by atoms with Crippen molar-refractivity contribution in [3.05, 3.63) is 50.4 Å². The van der Waals surface area contributed by atoms with E-state index in [0.717, 1.165) is 6.07 Å². The fraction of sp³-hybridized carbons (Fsp3) is 0.458. The van der Waals surface area contributed by atoms with Crippen LogP contribution < -0.4 is 10.2 Å². The third kappa shape index (κ3) is 2.77. The number of pyridine rings is 1.